The standard InChI is InChI=1S/C10H18N2O2.ClH/c13-7-8-1-2-9(5-8)12-4-3-11-6-10(12)14;/h8-9,11,13H,1-7H2;1H/t8-,9-;/m1./s1. The molecule has 5 heteroatoms. The van der Waals surface area contributed by atoms with Gasteiger partial charge in [0.1, 0.15) is 0 Å². The Labute approximate surface area is 96.4 Å². The number of carbonyl (C=O) groups is 1. The van der Waals surface area contributed by atoms with Gasteiger partial charge in [-0.3, -0.25) is 4.79 Å². The van der Waals surface area contributed by atoms with Crippen LogP contribution in [0.1, 0.15) is 19.3 Å². The number of rotatable bonds is 2. The Bertz CT molecular complexity index is 225. The van der Waals surface area contributed by atoms with Gasteiger partial charge in [0.15, 0.2) is 0 Å². The van der Waals surface area contributed by atoms with E-state index in [0.717, 1.165) is 32.4 Å². The quantitative estimate of drug-likeness (QED) is 0.708. The minimum Gasteiger partial charge on any atom is -0.396 e. The van der Waals surface area contributed by atoms with Gasteiger partial charge in [0.25, 0.3) is 0 Å². The van der Waals surface area contributed by atoms with Crippen molar-refractivity contribution in [2.45, 2.75) is 25.3 Å². The summed E-state index contributed by atoms with van der Waals surface area (Å²) in [6, 6.07) is 0.391. The molecule has 0 aromatic heterocycles. The van der Waals surface area contributed by atoms with Crippen molar-refractivity contribution in [3.05, 3.63) is 0 Å². The van der Waals surface area contributed by atoms with Crippen LogP contribution in [-0.4, -0.2) is 48.2 Å². The molecule has 0 radical (unpaired) electrons. The van der Waals surface area contributed by atoms with E-state index in [4.69, 9.17) is 5.11 Å². The van der Waals surface area contributed by atoms with Crippen LogP contribution < -0.4 is 5.32 Å². The first kappa shape index (κ1) is 12.7. The lowest BCUT2D eigenvalue weighted by atomic mass is 10.1. The molecule has 0 bridgehead atoms. The highest BCUT2D eigenvalue weighted by Gasteiger charge is 2.32. The molecule has 0 unspecified atom stereocenters. The summed E-state index contributed by atoms with van der Waals surface area (Å²) >= 11 is 0. The molecule has 1 saturated heterocycles. The summed E-state index contributed by atoms with van der Waals surface area (Å²) < 4.78 is 0. The fraction of sp³-hybridized carbons (Fsp3) is 0.900. The molecule has 1 aliphatic heterocycles. The average Bonchev–Trinajstić information content (AvgIpc) is 2.67. The second-order valence-corrected chi connectivity index (χ2v) is 4.28. The van der Waals surface area contributed by atoms with E-state index in [9.17, 15) is 4.79 Å². The van der Waals surface area contributed by atoms with E-state index in [1.165, 1.54) is 0 Å². The molecule has 0 spiro atoms. The SMILES string of the molecule is Cl.O=C1CNCCN1[C@@H]1CC[C@@H](CO)C1. The predicted molar refractivity (Wildman–Crippen MR) is 60.0 cm³/mol. The number of nitrogens with one attached hydrogen (secondary N) is 1. The number of halogens is 1. The molecule has 1 heterocycles. The molecule has 1 amide bonds. The molecule has 4 nitrogen and oxygen atoms in total. The number of hydrogen-bond acceptors (Lipinski definition) is 3. The zero-order valence-electron chi connectivity index (χ0n) is 8.82. The van der Waals surface area contributed by atoms with E-state index in [1.54, 1.807) is 0 Å². The van der Waals surface area contributed by atoms with E-state index in [2.05, 4.69) is 5.32 Å². The van der Waals surface area contributed by atoms with Crippen molar-refractivity contribution in [2.24, 2.45) is 5.92 Å². The van der Waals surface area contributed by atoms with Gasteiger partial charge in [-0.15, -0.1) is 12.4 Å². The van der Waals surface area contributed by atoms with Gasteiger partial charge in [0.05, 0.1) is 6.54 Å². The third kappa shape index (κ3) is 2.83. The molecular weight excluding hydrogens is 216 g/mol. The van der Waals surface area contributed by atoms with Gasteiger partial charge in [-0.1, -0.05) is 0 Å². The largest absolute Gasteiger partial charge is 0.396 e. The van der Waals surface area contributed by atoms with Crippen molar-refractivity contribution in [2.75, 3.05) is 26.2 Å². The molecule has 1 saturated carbocycles. The molecule has 0 aromatic rings. The third-order valence-electron chi connectivity index (χ3n) is 3.34. The fourth-order valence-electron chi connectivity index (χ4n) is 2.50. The summed E-state index contributed by atoms with van der Waals surface area (Å²) in [6.45, 7) is 2.50. The Kier molecular flexibility index (Phi) is 4.83. The molecule has 88 valence electrons. The molecule has 2 aliphatic rings. The number of aliphatic hydroxyl groups is 1. The van der Waals surface area contributed by atoms with E-state index >= 15 is 0 Å². The topological polar surface area (TPSA) is 52.6 Å². The highest BCUT2D eigenvalue weighted by Crippen LogP contribution is 2.29. The van der Waals surface area contributed by atoms with Crippen LogP contribution in [0.5, 0.6) is 0 Å². The zero-order chi connectivity index (χ0) is 9.97. The minimum absolute atomic E-state index is 0. The Morgan fingerprint density at radius 2 is 2.27 bits per heavy atom. The number of piperazine rings is 1. The normalized spacial score (nSPS) is 31.5. The number of hydrogen-bond donors (Lipinski definition) is 2. The van der Waals surface area contributed by atoms with E-state index in [-0.39, 0.29) is 24.9 Å². The van der Waals surface area contributed by atoms with Gasteiger partial charge in [0, 0.05) is 25.7 Å². The maximum Gasteiger partial charge on any atom is 0.236 e. The smallest absolute Gasteiger partial charge is 0.236 e. The molecule has 15 heavy (non-hydrogen) atoms. The van der Waals surface area contributed by atoms with Crippen LogP contribution in [-0.2, 0) is 4.79 Å². The Hall–Kier alpha value is -0.320. The first-order valence-corrected chi connectivity index (χ1v) is 5.42. The van der Waals surface area contributed by atoms with Crippen LogP contribution in [0, 0.1) is 5.92 Å². The van der Waals surface area contributed by atoms with Gasteiger partial charge in [0.2, 0.25) is 5.91 Å². The zero-order valence-corrected chi connectivity index (χ0v) is 9.63. The maximum absolute atomic E-state index is 11.6. The lowest BCUT2D eigenvalue weighted by Crippen LogP contribution is -2.51. The Balaban J connectivity index is 0.00000112. The van der Waals surface area contributed by atoms with Crippen LogP contribution in [0.3, 0.4) is 0 Å². The molecule has 1 aliphatic carbocycles. The fourth-order valence-corrected chi connectivity index (χ4v) is 2.50. The predicted octanol–water partition coefficient (Wildman–Crippen LogP) is 0.001000. The summed E-state index contributed by atoms with van der Waals surface area (Å²) in [4.78, 5) is 13.6. The summed E-state index contributed by atoms with van der Waals surface area (Å²) in [7, 11) is 0. The lowest BCUT2D eigenvalue weighted by Gasteiger charge is -2.32. The average molecular weight is 235 g/mol. The summed E-state index contributed by atoms with van der Waals surface area (Å²) in [5, 5.41) is 12.1. The van der Waals surface area contributed by atoms with Gasteiger partial charge in [-0.25, -0.2) is 0 Å². The van der Waals surface area contributed by atoms with Crippen LogP contribution in [0.25, 0.3) is 0 Å². The van der Waals surface area contributed by atoms with Gasteiger partial charge in [-0.05, 0) is 25.2 Å². The summed E-state index contributed by atoms with van der Waals surface area (Å²) in [6.07, 6.45) is 3.12. The summed E-state index contributed by atoms with van der Waals surface area (Å²) in [5.74, 6) is 0.641. The second kappa shape index (κ2) is 5.68. The monoisotopic (exact) mass is 234 g/mol. The van der Waals surface area contributed by atoms with Crippen LogP contribution in [0.2, 0.25) is 0 Å². The van der Waals surface area contributed by atoms with E-state index in [0.29, 0.717) is 18.5 Å². The van der Waals surface area contributed by atoms with Gasteiger partial charge >= 0.3 is 0 Å². The van der Waals surface area contributed by atoms with E-state index in [1.807, 2.05) is 4.90 Å². The molecule has 2 N–H and O–H groups in total. The van der Waals surface area contributed by atoms with Crippen molar-refractivity contribution in [3.63, 3.8) is 0 Å². The third-order valence-corrected chi connectivity index (χ3v) is 3.34. The lowest BCUT2D eigenvalue weighted by molar-refractivity contribution is -0.134. The highest BCUT2D eigenvalue weighted by molar-refractivity contribution is 5.85. The highest BCUT2D eigenvalue weighted by atomic mass is 35.5. The molecule has 2 fully saturated rings. The molecule has 2 atom stereocenters. The molecule has 0 aromatic carbocycles. The van der Waals surface area contributed by atoms with E-state index < -0.39 is 0 Å². The number of aliphatic hydroxyl groups excluding tert-OH is 1. The summed E-state index contributed by atoms with van der Waals surface area (Å²) in [5.41, 5.74) is 0. The minimum atomic E-state index is 0. The van der Waals surface area contributed by atoms with Crippen molar-refractivity contribution in [1.29, 1.82) is 0 Å². The van der Waals surface area contributed by atoms with Crippen LogP contribution >= 0.6 is 12.4 Å². The Morgan fingerprint density at radius 3 is 2.87 bits per heavy atom. The van der Waals surface area contributed by atoms with Crippen molar-refractivity contribution in [3.8, 4) is 0 Å². The number of amides is 1. The maximum atomic E-state index is 11.6. The number of carbonyl (C=O) groups excluding carboxylic acids is 1. The van der Waals surface area contributed by atoms with Gasteiger partial charge in [-0.2, -0.15) is 0 Å². The first-order valence-electron chi connectivity index (χ1n) is 5.42. The number of nitrogens with zero attached hydrogens (tertiary/aromatic N) is 1. The van der Waals surface area contributed by atoms with Crippen molar-refractivity contribution >= 4 is 18.3 Å². The van der Waals surface area contributed by atoms with Gasteiger partial charge < -0.3 is 15.3 Å². The Morgan fingerprint density at radius 1 is 1.47 bits per heavy atom. The molecular formula is C10H19ClN2O2. The molecule has 2 rings (SSSR count). The van der Waals surface area contributed by atoms with Crippen molar-refractivity contribution in [1.82, 2.24) is 10.2 Å². The second-order valence-electron chi connectivity index (χ2n) is 4.28. The van der Waals surface area contributed by atoms with Crippen LogP contribution in [0.15, 0.2) is 0 Å². The van der Waals surface area contributed by atoms with Crippen LogP contribution in [0.4, 0.5) is 0 Å². The first-order chi connectivity index (χ1) is 6.81. The van der Waals surface area contributed by atoms with Crippen molar-refractivity contribution < 1.29 is 9.90 Å².